The number of hydrogen-bond acceptors (Lipinski definition) is 2. The summed E-state index contributed by atoms with van der Waals surface area (Å²) in [4.78, 5) is 3.49. The number of isothiocyanates is 1. The summed E-state index contributed by atoms with van der Waals surface area (Å²) in [5, 5.41) is 1.93. The van der Waals surface area contributed by atoms with E-state index in [0.717, 1.165) is 18.2 Å². The maximum atomic E-state index is 12.2. The third kappa shape index (κ3) is 2.54. The molecule has 1 aromatic rings. The zero-order chi connectivity index (χ0) is 10.8. The van der Waals surface area contributed by atoms with Crippen LogP contribution in [0.2, 0.25) is 5.02 Å². The van der Waals surface area contributed by atoms with Gasteiger partial charge in [0.05, 0.1) is 21.4 Å². The number of aliphatic imine (C=N–C) groups is 1. The van der Waals surface area contributed by atoms with Gasteiger partial charge in [-0.1, -0.05) is 11.6 Å². The van der Waals surface area contributed by atoms with Crippen LogP contribution in [0.4, 0.5) is 18.9 Å². The summed E-state index contributed by atoms with van der Waals surface area (Å²) in [5.41, 5.74) is -0.638. The van der Waals surface area contributed by atoms with E-state index >= 15 is 0 Å². The number of nitrogens with zero attached hydrogens (tertiary/aromatic N) is 1. The molecule has 0 aliphatic rings. The molecule has 0 atom stereocenters. The first-order chi connectivity index (χ1) is 6.45. The molecule has 0 fully saturated rings. The van der Waals surface area contributed by atoms with E-state index in [1.165, 1.54) is 0 Å². The molecular weight excluding hydrogens is 235 g/mol. The van der Waals surface area contributed by atoms with Gasteiger partial charge in [-0.2, -0.15) is 18.2 Å². The number of thiocarbonyl (C=S) groups is 1. The van der Waals surface area contributed by atoms with Gasteiger partial charge in [-0.15, -0.1) is 0 Å². The van der Waals surface area contributed by atoms with Gasteiger partial charge >= 0.3 is 6.18 Å². The molecule has 0 aliphatic carbocycles. The summed E-state index contributed by atoms with van der Waals surface area (Å²) in [7, 11) is 0. The minimum Gasteiger partial charge on any atom is -0.193 e. The highest BCUT2D eigenvalue weighted by Gasteiger charge is 2.30. The van der Waals surface area contributed by atoms with Crippen molar-refractivity contribution in [3.05, 3.63) is 28.8 Å². The van der Waals surface area contributed by atoms with Crippen molar-refractivity contribution in [3.8, 4) is 0 Å². The van der Waals surface area contributed by atoms with Crippen LogP contribution in [0.3, 0.4) is 0 Å². The van der Waals surface area contributed by atoms with Gasteiger partial charge in [0.1, 0.15) is 0 Å². The number of halogens is 4. The Morgan fingerprint density at radius 2 is 2.00 bits per heavy atom. The average Bonchev–Trinajstić information content (AvgIpc) is 2.07. The smallest absolute Gasteiger partial charge is 0.193 e. The number of alkyl halides is 3. The molecule has 0 saturated heterocycles. The molecule has 0 bridgehead atoms. The van der Waals surface area contributed by atoms with Crippen LogP contribution >= 0.6 is 23.8 Å². The van der Waals surface area contributed by atoms with Crippen LogP contribution in [0.1, 0.15) is 5.56 Å². The second-order valence-electron chi connectivity index (χ2n) is 2.37. The van der Waals surface area contributed by atoms with E-state index in [-0.39, 0.29) is 10.7 Å². The SMILES string of the molecule is FC(F)(F)c1ccc(N=C=S)c(Cl)c1. The van der Waals surface area contributed by atoms with Crippen LogP contribution in [0.25, 0.3) is 0 Å². The van der Waals surface area contributed by atoms with E-state index in [0.29, 0.717) is 0 Å². The van der Waals surface area contributed by atoms with Crippen molar-refractivity contribution >= 4 is 34.7 Å². The molecule has 0 unspecified atom stereocenters. The standard InChI is InChI=1S/C8H3ClF3NS/c9-6-3-5(8(10,11)12)1-2-7(6)13-4-14/h1-3H. The lowest BCUT2D eigenvalue weighted by atomic mass is 10.2. The van der Waals surface area contributed by atoms with Crippen LogP contribution in [0.15, 0.2) is 23.2 Å². The lowest BCUT2D eigenvalue weighted by Gasteiger charge is -2.06. The molecule has 1 aromatic carbocycles. The van der Waals surface area contributed by atoms with Crippen molar-refractivity contribution in [3.63, 3.8) is 0 Å². The first-order valence-corrected chi connectivity index (χ1v) is 4.18. The molecule has 0 saturated carbocycles. The van der Waals surface area contributed by atoms with Gasteiger partial charge in [0, 0.05) is 0 Å². The molecule has 0 spiro atoms. The molecule has 0 aliphatic heterocycles. The quantitative estimate of drug-likeness (QED) is 0.529. The molecule has 74 valence electrons. The van der Waals surface area contributed by atoms with Crippen LogP contribution in [0, 0.1) is 0 Å². The summed E-state index contributed by atoms with van der Waals surface area (Å²) in [5.74, 6) is 0. The minimum absolute atomic E-state index is 0.0998. The minimum atomic E-state index is -4.40. The zero-order valence-electron chi connectivity index (χ0n) is 6.60. The fraction of sp³-hybridized carbons (Fsp3) is 0.125. The fourth-order valence-electron chi connectivity index (χ4n) is 0.823. The Balaban J connectivity index is 3.19. The van der Waals surface area contributed by atoms with Crippen molar-refractivity contribution in [1.29, 1.82) is 0 Å². The lowest BCUT2D eigenvalue weighted by Crippen LogP contribution is -2.04. The van der Waals surface area contributed by atoms with E-state index in [1.54, 1.807) is 0 Å². The Labute approximate surface area is 88.2 Å². The molecule has 1 nitrogen and oxygen atoms in total. The second kappa shape index (κ2) is 4.09. The Bertz CT molecular complexity index is 396. The maximum absolute atomic E-state index is 12.2. The topological polar surface area (TPSA) is 12.4 Å². The Kier molecular flexibility index (Phi) is 3.26. The monoisotopic (exact) mass is 237 g/mol. The van der Waals surface area contributed by atoms with E-state index < -0.39 is 11.7 Å². The maximum Gasteiger partial charge on any atom is 0.416 e. The van der Waals surface area contributed by atoms with Gasteiger partial charge in [-0.3, -0.25) is 0 Å². The van der Waals surface area contributed by atoms with Crippen molar-refractivity contribution in [2.75, 3.05) is 0 Å². The van der Waals surface area contributed by atoms with Crippen LogP contribution in [0.5, 0.6) is 0 Å². The van der Waals surface area contributed by atoms with Gasteiger partial charge in [-0.25, -0.2) is 0 Å². The van der Waals surface area contributed by atoms with Crippen molar-refractivity contribution in [2.45, 2.75) is 6.18 Å². The van der Waals surface area contributed by atoms with Gasteiger partial charge < -0.3 is 0 Å². The molecule has 0 heterocycles. The third-order valence-electron chi connectivity index (χ3n) is 1.44. The Morgan fingerprint density at radius 1 is 1.36 bits per heavy atom. The van der Waals surface area contributed by atoms with Gasteiger partial charge in [0.15, 0.2) is 0 Å². The predicted octanol–water partition coefficient (Wildman–Crippen LogP) is 4.09. The highest BCUT2D eigenvalue weighted by atomic mass is 35.5. The Morgan fingerprint density at radius 3 is 2.43 bits per heavy atom. The number of rotatable bonds is 1. The third-order valence-corrected chi connectivity index (χ3v) is 1.84. The normalized spacial score (nSPS) is 10.9. The molecular formula is C8H3ClF3NS. The Hall–Kier alpha value is -0.900. The summed E-state index contributed by atoms with van der Waals surface area (Å²) < 4.78 is 36.5. The molecule has 0 aromatic heterocycles. The second-order valence-corrected chi connectivity index (χ2v) is 2.96. The highest BCUT2D eigenvalue weighted by Crippen LogP contribution is 2.34. The molecule has 0 amide bonds. The van der Waals surface area contributed by atoms with Crippen LogP contribution < -0.4 is 0 Å². The summed E-state index contributed by atoms with van der Waals surface area (Å²) in [6.07, 6.45) is -4.40. The average molecular weight is 238 g/mol. The molecule has 0 N–H and O–H groups in total. The van der Waals surface area contributed by atoms with E-state index in [9.17, 15) is 13.2 Å². The van der Waals surface area contributed by atoms with Crippen LogP contribution in [-0.4, -0.2) is 5.16 Å². The summed E-state index contributed by atoms with van der Waals surface area (Å²) in [6, 6.07) is 2.83. The predicted molar refractivity (Wildman–Crippen MR) is 51.1 cm³/mol. The highest BCUT2D eigenvalue weighted by molar-refractivity contribution is 7.78. The largest absolute Gasteiger partial charge is 0.416 e. The lowest BCUT2D eigenvalue weighted by molar-refractivity contribution is -0.137. The summed E-state index contributed by atoms with van der Waals surface area (Å²) in [6.45, 7) is 0. The van der Waals surface area contributed by atoms with Crippen molar-refractivity contribution in [1.82, 2.24) is 0 Å². The first-order valence-electron chi connectivity index (χ1n) is 3.40. The van der Waals surface area contributed by atoms with E-state index in [2.05, 4.69) is 17.2 Å². The molecule has 0 radical (unpaired) electrons. The number of hydrogen-bond donors (Lipinski definition) is 0. The van der Waals surface area contributed by atoms with E-state index in [4.69, 9.17) is 11.6 Å². The van der Waals surface area contributed by atoms with Gasteiger partial charge in [0.2, 0.25) is 0 Å². The molecule has 6 heteroatoms. The summed E-state index contributed by atoms with van der Waals surface area (Å²) >= 11 is 9.84. The van der Waals surface area contributed by atoms with E-state index in [1.807, 2.05) is 5.16 Å². The fourth-order valence-corrected chi connectivity index (χ4v) is 1.14. The zero-order valence-corrected chi connectivity index (χ0v) is 8.17. The molecule has 14 heavy (non-hydrogen) atoms. The van der Waals surface area contributed by atoms with Crippen molar-refractivity contribution in [2.24, 2.45) is 4.99 Å². The van der Waals surface area contributed by atoms with Crippen molar-refractivity contribution < 1.29 is 13.2 Å². The van der Waals surface area contributed by atoms with Crippen LogP contribution in [-0.2, 0) is 6.18 Å². The molecule has 1 rings (SSSR count). The van der Waals surface area contributed by atoms with Gasteiger partial charge in [0.25, 0.3) is 0 Å². The van der Waals surface area contributed by atoms with Gasteiger partial charge in [-0.05, 0) is 30.4 Å². The number of benzene rings is 1. The first kappa shape index (κ1) is 11.2.